The predicted octanol–water partition coefficient (Wildman–Crippen LogP) is 3.09. The van der Waals surface area contributed by atoms with Crippen LogP contribution in [0.15, 0.2) is 0 Å². The molecular formula is C14H32N2S. The van der Waals surface area contributed by atoms with Crippen LogP contribution in [0.1, 0.15) is 40.5 Å². The molecule has 0 aliphatic rings. The third kappa shape index (κ3) is 8.92. The fourth-order valence-corrected chi connectivity index (χ4v) is 2.75. The summed E-state index contributed by atoms with van der Waals surface area (Å²) >= 11 is 1.93. The molecule has 2 nitrogen and oxygen atoms in total. The number of hydrogen-bond donors (Lipinski definition) is 1. The fourth-order valence-electron chi connectivity index (χ4n) is 2.26. The Morgan fingerprint density at radius 3 is 2.47 bits per heavy atom. The molecular weight excluding hydrogens is 228 g/mol. The summed E-state index contributed by atoms with van der Waals surface area (Å²) in [4.78, 5) is 2.48. The minimum atomic E-state index is 0.409. The van der Waals surface area contributed by atoms with Crippen LogP contribution in [0, 0.1) is 5.41 Å². The average Bonchev–Trinajstić information content (AvgIpc) is 2.24. The minimum Gasteiger partial charge on any atom is -0.314 e. The molecule has 0 aliphatic heterocycles. The molecule has 1 N–H and O–H groups in total. The van der Waals surface area contributed by atoms with E-state index in [1.807, 2.05) is 11.8 Å². The molecule has 0 bridgehead atoms. The molecule has 0 saturated carbocycles. The fraction of sp³-hybridized carbons (Fsp3) is 1.00. The Balaban J connectivity index is 4.17. The van der Waals surface area contributed by atoms with E-state index in [9.17, 15) is 0 Å². The van der Waals surface area contributed by atoms with Crippen LogP contribution in [0.25, 0.3) is 0 Å². The Labute approximate surface area is 113 Å². The Morgan fingerprint density at radius 1 is 1.35 bits per heavy atom. The summed E-state index contributed by atoms with van der Waals surface area (Å²) in [5.41, 5.74) is 0.409. The van der Waals surface area contributed by atoms with Crippen molar-refractivity contribution in [1.82, 2.24) is 10.2 Å². The quantitative estimate of drug-likeness (QED) is 0.650. The van der Waals surface area contributed by atoms with E-state index in [1.54, 1.807) is 0 Å². The van der Waals surface area contributed by atoms with Crippen LogP contribution in [-0.4, -0.2) is 49.6 Å². The molecule has 0 amide bonds. The van der Waals surface area contributed by atoms with Crippen molar-refractivity contribution < 1.29 is 0 Å². The van der Waals surface area contributed by atoms with Crippen LogP contribution in [0.3, 0.4) is 0 Å². The predicted molar refractivity (Wildman–Crippen MR) is 82.0 cm³/mol. The molecule has 0 rings (SSSR count). The van der Waals surface area contributed by atoms with Crippen molar-refractivity contribution >= 4 is 11.8 Å². The van der Waals surface area contributed by atoms with Crippen LogP contribution in [0.2, 0.25) is 0 Å². The number of hydrogen-bond acceptors (Lipinski definition) is 3. The number of nitrogens with one attached hydrogen (secondary N) is 1. The van der Waals surface area contributed by atoms with Gasteiger partial charge in [-0.1, -0.05) is 34.1 Å². The summed E-state index contributed by atoms with van der Waals surface area (Å²) in [6.45, 7) is 12.7. The lowest BCUT2D eigenvalue weighted by molar-refractivity contribution is 0.176. The van der Waals surface area contributed by atoms with Gasteiger partial charge in [0.2, 0.25) is 0 Å². The van der Waals surface area contributed by atoms with E-state index >= 15 is 0 Å². The first-order chi connectivity index (χ1) is 7.93. The van der Waals surface area contributed by atoms with E-state index in [2.05, 4.69) is 51.2 Å². The number of nitrogens with zero attached hydrogens (tertiary/aromatic N) is 1. The van der Waals surface area contributed by atoms with E-state index in [-0.39, 0.29) is 0 Å². The van der Waals surface area contributed by atoms with Crippen LogP contribution >= 0.6 is 11.8 Å². The lowest BCUT2D eigenvalue weighted by atomic mass is 9.84. The number of thioether (sulfide) groups is 1. The van der Waals surface area contributed by atoms with Crippen molar-refractivity contribution in [2.75, 3.05) is 38.7 Å². The monoisotopic (exact) mass is 260 g/mol. The molecule has 0 radical (unpaired) electrons. The third-order valence-electron chi connectivity index (χ3n) is 3.12. The summed E-state index contributed by atoms with van der Waals surface area (Å²) in [6.07, 6.45) is 4.75. The summed E-state index contributed by atoms with van der Waals surface area (Å²) in [7, 11) is 2.25. The normalized spacial score (nSPS) is 15.5. The Morgan fingerprint density at radius 2 is 2.00 bits per heavy atom. The first-order valence-corrected chi connectivity index (χ1v) is 8.24. The summed E-state index contributed by atoms with van der Waals surface area (Å²) in [6, 6.07) is 0.586. The van der Waals surface area contributed by atoms with Crippen LogP contribution in [0.4, 0.5) is 0 Å². The Hall–Kier alpha value is 0.270. The third-order valence-corrected chi connectivity index (χ3v) is 3.71. The van der Waals surface area contributed by atoms with Gasteiger partial charge in [-0.3, -0.25) is 0 Å². The summed E-state index contributed by atoms with van der Waals surface area (Å²) in [5, 5.41) is 3.60. The van der Waals surface area contributed by atoms with E-state index in [1.165, 1.54) is 31.7 Å². The van der Waals surface area contributed by atoms with Crippen LogP contribution < -0.4 is 5.32 Å². The maximum absolute atomic E-state index is 3.60. The van der Waals surface area contributed by atoms with Crippen LogP contribution in [-0.2, 0) is 0 Å². The lowest BCUT2D eigenvalue weighted by Crippen LogP contribution is -2.43. The van der Waals surface area contributed by atoms with E-state index in [0.717, 1.165) is 6.54 Å². The molecule has 0 saturated heterocycles. The van der Waals surface area contributed by atoms with Crippen molar-refractivity contribution in [2.24, 2.45) is 5.41 Å². The zero-order valence-electron chi connectivity index (χ0n) is 12.7. The van der Waals surface area contributed by atoms with Crippen LogP contribution in [0.5, 0.6) is 0 Å². The molecule has 0 aliphatic carbocycles. The first-order valence-electron chi connectivity index (χ1n) is 6.84. The molecule has 0 aromatic rings. The van der Waals surface area contributed by atoms with E-state index < -0.39 is 0 Å². The van der Waals surface area contributed by atoms with E-state index in [0.29, 0.717) is 11.5 Å². The van der Waals surface area contributed by atoms with Gasteiger partial charge >= 0.3 is 0 Å². The van der Waals surface area contributed by atoms with Gasteiger partial charge in [0, 0.05) is 31.4 Å². The lowest BCUT2D eigenvalue weighted by Gasteiger charge is -2.34. The van der Waals surface area contributed by atoms with Gasteiger partial charge in [0.15, 0.2) is 0 Å². The van der Waals surface area contributed by atoms with Gasteiger partial charge in [-0.15, -0.1) is 0 Å². The molecule has 1 atom stereocenters. The molecule has 104 valence electrons. The van der Waals surface area contributed by atoms with E-state index in [4.69, 9.17) is 0 Å². The van der Waals surface area contributed by atoms with Gasteiger partial charge in [-0.2, -0.15) is 11.8 Å². The van der Waals surface area contributed by atoms with Crippen molar-refractivity contribution in [3.8, 4) is 0 Å². The molecule has 17 heavy (non-hydrogen) atoms. The molecule has 0 spiro atoms. The number of rotatable bonds is 10. The molecule has 0 aromatic carbocycles. The molecule has 3 heteroatoms. The second kappa shape index (κ2) is 9.23. The Kier molecular flexibility index (Phi) is 9.38. The van der Waals surface area contributed by atoms with Gasteiger partial charge < -0.3 is 10.2 Å². The highest BCUT2D eigenvalue weighted by molar-refractivity contribution is 7.98. The largest absolute Gasteiger partial charge is 0.314 e. The zero-order chi connectivity index (χ0) is 13.3. The SMILES string of the molecule is CCCC(C)(CNC(C)C)CN(C)CCSC. The molecule has 0 fully saturated rings. The summed E-state index contributed by atoms with van der Waals surface area (Å²) < 4.78 is 0. The van der Waals surface area contributed by atoms with Crippen molar-refractivity contribution in [3.63, 3.8) is 0 Å². The Bertz CT molecular complexity index is 185. The molecule has 0 heterocycles. The summed E-state index contributed by atoms with van der Waals surface area (Å²) in [5.74, 6) is 1.23. The second-order valence-corrected chi connectivity index (χ2v) is 6.81. The standard InChI is InChI=1S/C14H32N2S/c1-7-8-14(4,11-15-13(2)3)12-16(5)9-10-17-6/h13,15H,7-12H2,1-6H3. The van der Waals surface area contributed by atoms with Gasteiger partial charge in [-0.25, -0.2) is 0 Å². The highest BCUT2D eigenvalue weighted by Crippen LogP contribution is 2.23. The van der Waals surface area contributed by atoms with Crippen molar-refractivity contribution in [3.05, 3.63) is 0 Å². The molecule has 0 aromatic heterocycles. The van der Waals surface area contributed by atoms with Gasteiger partial charge in [0.1, 0.15) is 0 Å². The second-order valence-electron chi connectivity index (χ2n) is 5.83. The highest BCUT2D eigenvalue weighted by atomic mass is 32.2. The topological polar surface area (TPSA) is 15.3 Å². The average molecular weight is 260 g/mol. The van der Waals surface area contributed by atoms with Crippen molar-refractivity contribution in [1.29, 1.82) is 0 Å². The van der Waals surface area contributed by atoms with Gasteiger partial charge in [0.05, 0.1) is 0 Å². The first kappa shape index (κ1) is 17.3. The highest BCUT2D eigenvalue weighted by Gasteiger charge is 2.24. The maximum atomic E-state index is 3.60. The minimum absolute atomic E-state index is 0.409. The smallest absolute Gasteiger partial charge is 0.00694 e. The van der Waals surface area contributed by atoms with Gasteiger partial charge in [-0.05, 0) is 25.1 Å². The zero-order valence-corrected chi connectivity index (χ0v) is 13.5. The van der Waals surface area contributed by atoms with Crippen molar-refractivity contribution in [2.45, 2.75) is 46.6 Å². The maximum Gasteiger partial charge on any atom is 0.00694 e. The van der Waals surface area contributed by atoms with Gasteiger partial charge in [0.25, 0.3) is 0 Å². The molecule has 1 unspecified atom stereocenters.